The lowest BCUT2D eigenvalue weighted by atomic mass is 10.0. The summed E-state index contributed by atoms with van der Waals surface area (Å²) in [6.07, 6.45) is 1.54. The van der Waals surface area contributed by atoms with Gasteiger partial charge in [0.05, 0.1) is 0 Å². The van der Waals surface area contributed by atoms with Gasteiger partial charge in [-0.1, -0.05) is 13.8 Å². The molecular weight excluding hydrogens is 306 g/mol. The Morgan fingerprint density at radius 1 is 1.08 bits per heavy atom. The fraction of sp³-hybridized carbons (Fsp3) is 0.500. The number of rotatable bonds is 4. The molecule has 0 unspecified atom stereocenters. The molecule has 0 aliphatic carbocycles. The fourth-order valence-corrected chi connectivity index (χ4v) is 2.68. The van der Waals surface area contributed by atoms with Gasteiger partial charge in [0, 0.05) is 43.2 Å². The third kappa shape index (κ3) is 4.81. The zero-order valence-electron chi connectivity index (χ0n) is 14.5. The van der Waals surface area contributed by atoms with Crippen LogP contribution in [0.4, 0.5) is 5.69 Å². The number of carbonyl (C=O) groups is 3. The van der Waals surface area contributed by atoms with Gasteiger partial charge in [0.15, 0.2) is 0 Å². The average Bonchev–Trinajstić information content (AvgIpc) is 2.55. The summed E-state index contributed by atoms with van der Waals surface area (Å²) >= 11 is 0. The first-order valence-corrected chi connectivity index (χ1v) is 8.34. The highest BCUT2D eigenvalue weighted by molar-refractivity contribution is 5.95. The van der Waals surface area contributed by atoms with Crippen molar-refractivity contribution in [2.24, 2.45) is 5.92 Å². The van der Waals surface area contributed by atoms with E-state index in [1.54, 1.807) is 24.3 Å². The van der Waals surface area contributed by atoms with Crippen LogP contribution in [-0.2, 0) is 9.59 Å². The highest BCUT2D eigenvalue weighted by Crippen LogP contribution is 2.16. The Morgan fingerprint density at radius 3 is 2.17 bits per heavy atom. The molecule has 1 aliphatic rings. The second kappa shape index (κ2) is 7.95. The van der Waals surface area contributed by atoms with Gasteiger partial charge in [-0.15, -0.1) is 0 Å². The van der Waals surface area contributed by atoms with E-state index >= 15 is 0 Å². The standard InChI is InChI=1S/C18H25N3O3/c1-12(2)17(23)20-16-8-10-21(11-9-16)18(24)14-4-6-15(7-5-14)19-13(3)22/h4-7,12,16H,8-11H2,1-3H3,(H,19,22)(H,20,23). The van der Waals surface area contributed by atoms with E-state index in [0.29, 0.717) is 24.3 Å². The van der Waals surface area contributed by atoms with Crippen LogP contribution in [0.15, 0.2) is 24.3 Å². The molecule has 0 aromatic heterocycles. The van der Waals surface area contributed by atoms with Gasteiger partial charge in [0.2, 0.25) is 11.8 Å². The molecule has 0 radical (unpaired) electrons. The number of benzene rings is 1. The van der Waals surface area contributed by atoms with Gasteiger partial charge >= 0.3 is 0 Å². The van der Waals surface area contributed by atoms with Gasteiger partial charge < -0.3 is 15.5 Å². The van der Waals surface area contributed by atoms with Crippen molar-refractivity contribution in [2.45, 2.75) is 39.7 Å². The smallest absolute Gasteiger partial charge is 0.253 e. The molecule has 2 rings (SSSR count). The predicted molar refractivity (Wildman–Crippen MR) is 92.7 cm³/mol. The van der Waals surface area contributed by atoms with Gasteiger partial charge in [-0.25, -0.2) is 0 Å². The minimum absolute atomic E-state index is 0.0157. The van der Waals surface area contributed by atoms with E-state index in [2.05, 4.69) is 10.6 Å². The largest absolute Gasteiger partial charge is 0.353 e. The monoisotopic (exact) mass is 331 g/mol. The highest BCUT2D eigenvalue weighted by atomic mass is 16.2. The third-order valence-corrected chi connectivity index (χ3v) is 4.11. The van der Waals surface area contributed by atoms with Crippen LogP contribution in [0.3, 0.4) is 0 Å². The zero-order chi connectivity index (χ0) is 17.7. The van der Waals surface area contributed by atoms with E-state index in [0.717, 1.165) is 12.8 Å². The summed E-state index contributed by atoms with van der Waals surface area (Å²) in [6.45, 7) is 6.46. The van der Waals surface area contributed by atoms with E-state index < -0.39 is 0 Å². The maximum Gasteiger partial charge on any atom is 0.253 e. The van der Waals surface area contributed by atoms with Crippen molar-refractivity contribution in [3.63, 3.8) is 0 Å². The van der Waals surface area contributed by atoms with Gasteiger partial charge in [0.1, 0.15) is 0 Å². The van der Waals surface area contributed by atoms with Crippen molar-refractivity contribution in [3.8, 4) is 0 Å². The van der Waals surface area contributed by atoms with Crippen molar-refractivity contribution in [3.05, 3.63) is 29.8 Å². The average molecular weight is 331 g/mol. The summed E-state index contributed by atoms with van der Waals surface area (Å²) in [5.74, 6) is -0.113. The molecule has 1 heterocycles. The van der Waals surface area contributed by atoms with Crippen molar-refractivity contribution >= 4 is 23.4 Å². The van der Waals surface area contributed by atoms with Crippen LogP contribution in [-0.4, -0.2) is 41.8 Å². The topological polar surface area (TPSA) is 78.5 Å². The molecule has 1 aromatic carbocycles. The lowest BCUT2D eigenvalue weighted by Gasteiger charge is -2.32. The number of nitrogens with zero attached hydrogens (tertiary/aromatic N) is 1. The number of anilines is 1. The molecule has 0 saturated carbocycles. The quantitative estimate of drug-likeness (QED) is 0.886. The summed E-state index contributed by atoms with van der Waals surface area (Å²) in [4.78, 5) is 37.1. The second-order valence-electron chi connectivity index (χ2n) is 6.49. The predicted octanol–water partition coefficient (Wildman–Crippen LogP) is 2.02. The molecule has 6 heteroatoms. The number of carbonyl (C=O) groups excluding carboxylic acids is 3. The van der Waals surface area contributed by atoms with Crippen molar-refractivity contribution < 1.29 is 14.4 Å². The van der Waals surface area contributed by atoms with Crippen molar-refractivity contribution in [1.29, 1.82) is 0 Å². The molecule has 1 aromatic rings. The van der Waals surface area contributed by atoms with Gasteiger partial charge in [-0.05, 0) is 37.1 Å². The van der Waals surface area contributed by atoms with E-state index in [4.69, 9.17) is 0 Å². The minimum Gasteiger partial charge on any atom is -0.353 e. The summed E-state index contributed by atoms with van der Waals surface area (Å²) in [5.41, 5.74) is 1.28. The Hall–Kier alpha value is -2.37. The van der Waals surface area contributed by atoms with Crippen molar-refractivity contribution in [2.75, 3.05) is 18.4 Å². The van der Waals surface area contributed by atoms with E-state index in [1.807, 2.05) is 18.7 Å². The fourth-order valence-electron chi connectivity index (χ4n) is 2.68. The van der Waals surface area contributed by atoms with Crippen LogP contribution < -0.4 is 10.6 Å². The Bertz CT molecular complexity index is 602. The second-order valence-corrected chi connectivity index (χ2v) is 6.49. The molecule has 2 N–H and O–H groups in total. The number of hydrogen-bond donors (Lipinski definition) is 2. The molecule has 0 atom stereocenters. The highest BCUT2D eigenvalue weighted by Gasteiger charge is 2.25. The molecule has 6 nitrogen and oxygen atoms in total. The van der Waals surface area contributed by atoms with Crippen LogP contribution in [0.25, 0.3) is 0 Å². The van der Waals surface area contributed by atoms with Crippen LogP contribution >= 0.6 is 0 Å². The van der Waals surface area contributed by atoms with E-state index in [9.17, 15) is 14.4 Å². The van der Waals surface area contributed by atoms with Crippen LogP contribution in [0.1, 0.15) is 44.0 Å². The first kappa shape index (κ1) is 18.0. The molecule has 24 heavy (non-hydrogen) atoms. The zero-order valence-corrected chi connectivity index (χ0v) is 14.5. The minimum atomic E-state index is -0.139. The van der Waals surface area contributed by atoms with E-state index in [1.165, 1.54) is 6.92 Å². The number of amides is 3. The van der Waals surface area contributed by atoms with Crippen molar-refractivity contribution in [1.82, 2.24) is 10.2 Å². The molecule has 0 spiro atoms. The first-order valence-electron chi connectivity index (χ1n) is 8.34. The Labute approximate surface area is 142 Å². The number of likely N-dealkylation sites (tertiary alicyclic amines) is 1. The lowest BCUT2D eigenvalue weighted by Crippen LogP contribution is -2.47. The molecule has 3 amide bonds. The van der Waals surface area contributed by atoms with E-state index in [-0.39, 0.29) is 29.7 Å². The SMILES string of the molecule is CC(=O)Nc1ccc(C(=O)N2CCC(NC(=O)C(C)C)CC2)cc1. The maximum absolute atomic E-state index is 12.5. The van der Waals surface area contributed by atoms with Crippen LogP contribution in [0, 0.1) is 5.92 Å². The van der Waals surface area contributed by atoms with Gasteiger partial charge in [0.25, 0.3) is 5.91 Å². The van der Waals surface area contributed by atoms with Crippen LogP contribution in [0.5, 0.6) is 0 Å². The lowest BCUT2D eigenvalue weighted by molar-refractivity contribution is -0.125. The normalized spacial score (nSPS) is 15.2. The summed E-state index contributed by atoms with van der Waals surface area (Å²) in [6, 6.07) is 7.04. The maximum atomic E-state index is 12.5. The Kier molecular flexibility index (Phi) is 5.95. The summed E-state index contributed by atoms with van der Waals surface area (Å²) in [7, 11) is 0. The Morgan fingerprint density at radius 2 is 1.67 bits per heavy atom. The first-order chi connectivity index (χ1) is 11.4. The summed E-state index contributed by atoms with van der Waals surface area (Å²) < 4.78 is 0. The molecule has 1 saturated heterocycles. The third-order valence-electron chi connectivity index (χ3n) is 4.11. The van der Waals surface area contributed by atoms with Gasteiger partial charge in [-0.3, -0.25) is 14.4 Å². The number of nitrogens with one attached hydrogen (secondary N) is 2. The number of hydrogen-bond acceptors (Lipinski definition) is 3. The molecule has 1 aliphatic heterocycles. The Balaban J connectivity index is 1.88. The molecule has 0 bridgehead atoms. The number of piperidine rings is 1. The molecule has 1 fully saturated rings. The molecular formula is C18H25N3O3. The van der Waals surface area contributed by atoms with Gasteiger partial charge in [-0.2, -0.15) is 0 Å². The summed E-state index contributed by atoms with van der Waals surface area (Å²) in [5, 5.41) is 5.71. The molecule has 130 valence electrons. The van der Waals surface area contributed by atoms with Crippen LogP contribution in [0.2, 0.25) is 0 Å².